The zero-order valence-corrected chi connectivity index (χ0v) is 13.7. The van der Waals surface area contributed by atoms with Gasteiger partial charge < -0.3 is 15.7 Å². The summed E-state index contributed by atoms with van der Waals surface area (Å²) in [6.07, 6.45) is -4.83. The molecule has 1 rings (SSSR count). The van der Waals surface area contributed by atoms with E-state index in [4.69, 9.17) is 0 Å². The minimum atomic E-state index is -4.46. The van der Waals surface area contributed by atoms with E-state index in [9.17, 15) is 27.9 Å². The van der Waals surface area contributed by atoms with Gasteiger partial charge in [0.2, 0.25) is 0 Å². The Labute approximate surface area is 138 Å². The predicted molar refractivity (Wildman–Crippen MR) is 83.2 cm³/mol. The number of carbonyl (C=O) groups is 2. The van der Waals surface area contributed by atoms with Gasteiger partial charge in [-0.1, -0.05) is 20.8 Å². The maximum absolute atomic E-state index is 12.4. The summed E-state index contributed by atoms with van der Waals surface area (Å²) in [7, 11) is 0. The number of nitrogens with one attached hydrogen (secondary N) is 2. The van der Waals surface area contributed by atoms with E-state index >= 15 is 0 Å². The Morgan fingerprint density at radius 3 is 2.08 bits per heavy atom. The summed E-state index contributed by atoms with van der Waals surface area (Å²) in [6.45, 7) is 5.64. The Balaban J connectivity index is 2.49. The summed E-state index contributed by atoms with van der Waals surface area (Å²) in [5.41, 5.74) is -1.10. The lowest BCUT2D eigenvalue weighted by atomic mass is 9.87. The first-order valence-corrected chi connectivity index (χ1v) is 7.36. The highest BCUT2D eigenvalue weighted by atomic mass is 19.4. The van der Waals surface area contributed by atoms with Crippen LogP contribution >= 0.6 is 0 Å². The zero-order valence-electron chi connectivity index (χ0n) is 13.7. The lowest BCUT2D eigenvalue weighted by Gasteiger charge is -2.25. The number of carbonyl (C=O) groups excluding carboxylic acids is 2. The molecule has 0 radical (unpaired) electrons. The van der Waals surface area contributed by atoms with Gasteiger partial charge in [0.25, 0.3) is 0 Å². The Kier molecular flexibility index (Phi) is 6.36. The number of hydrogen-bond acceptors (Lipinski definition) is 3. The summed E-state index contributed by atoms with van der Waals surface area (Å²) in [6, 6.07) is 3.76. The molecule has 5 nitrogen and oxygen atoms in total. The second-order valence-electron chi connectivity index (χ2n) is 6.46. The molecule has 0 aliphatic carbocycles. The normalized spacial score (nSPS) is 13.3. The third kappa shape index (κ3) is 6.19. The third-order valence-corrected chi connectivity index (χ3v) is 3.38. The van der Waals surface area contributed by atoms with Crippen LogP contribution in [0.4, 0.5) is 18.9 Å². The van der Waals surface area contributed by atoms with Crippen LogP contribution in [0.3, 0.4) is 0 Å². The van der Waals surface area contributed by atoms with Gasteiger partial charge in [0.1, 0.15) is 0 Å². The van der Waals surface area contributed by atoms with E-state index in [2.05, 4.69) is 10.6 Å². The second-order valence-corrected chi connectivity index (χ2v) is 6.46. The van der Waals surface area contributed by atoms with E-state index in [1.54, 1.807) is 0 Å². The SMILES string of the molecule is CC(C)(C)C(O)CCNC(=O)C(=O)Nc1ccc(C(F)(F)F)cc1. The van der Waals surface area contributed by atoms with Crippen LogP contribution in [0, 0.1) is 5.41 Å². The fraction of sp³-hybridized carbons (Fsp3) is 0.500. The number of benzene rings is 1. The van der Waals surface area contributed by atoms with Gasteiger partial charge in [-0.2, -0.15) is 13.2 Å². The molecule has 0 aliphatic rings. The van der Waals surface area contributed by atoms with E-state index in [1.807, 2.05) is 20.8 Å². The number of hydrogen-bond donors (Lipinski definition) is 3. The van der Waals surface area contributed by atoms with Gasteiger partial charge in [-0.25, -0.2) is 0 Å². The van der Waals surface area contributed by atoms with Gasteiger partial charge in [0.05, 0.1) is 11.7 Å². The van der Waals surface area contributed by atoms with Crippen molar-refractivity contribution in [2.45, 2.75) is 39.5 Å². The largest absolute Gasteiger partial charge is 0.416 e. The molecule has 0 saturated heterocycles. The maximum Gasteiger partial charge on any atom is 0.416 e. The third-order valence-electron chi connectivity index (χ3n) is 3.38. The smallest absolute Gasteiger partial charge is 0.393 e. The average Bonchev–Trinajstić information content (AvgIpc) is 2.45. The maximum atomic E-state index is 12.4. The number of alkyl halides is 3. The average molecular weight is 346 g/mol. The number of amides is 2. The van der Waals surface area contributed by atoms with E-state index < -0.39 is 29.7 Å². The van der Waals surface area contributed by atoms with Crippen molar-refractivity contribution in [3.63, 3.8) is 0 Å². The van der Waals surface area contributed by atoms with Crippen molar-refractivity contribution in [1.82, 2.24) is 5.32 Å². The van der Waals surface area contributed by atoms with Crippen LogP contribution in [0.25, 0.3) is 0 Å². The minimum absolute atomic E-state index is 0.0814. The second kappa shape index (κ2) is 7.65. The molecule has 1 aromatic rings. The van der Waals surface area contributed by atoms with Crippen molar-refractivity contribution in [1.29, 1.82) is 0 Å². The first kappa shape index (κ1) is 20.0. The number of halogens is 3. The molecule has 0 bridgehead atoms. The fourth-order valence-electron chi connectivity index (χ4n) is 1.77. The summed E-state index contributed by atoms with van der Waals surface area (Å²) in [5.74, 6) is -1.91. The Bertz CT molecular complexity index is 578. The highest BCUT2D eigenvalue weighted by molar-refractivity contribution is 6.39. The highest BCUT2D eigenvalue weighted by Gasteiger charge is 2.30. The summed E-state index contributed by atoms with van der Waals surface area (Å²) in [4.78, 5) is 23.3. The Morgan fingerprint density at radius 2 is 1.62 bits per heavy atom. The number of rotatable bonds is 4. The molecule has 134 valence electrons. The molecule has 1 atom stereocenters. The molecule has 0 aromatic heterocycles. The molecular weight excluding hydrogens is 325 g/mol. The number of aliphatic hydroxyl groups excluding tert-OH is 1. The van der Waals surface area contributed by atoms with Crippen molar-refractivity contribution in [3.05, 3.63) is 29.8 Å². The van der Waals surface area contributed by atoms with Crippen LogP contribution in [0.5, 0.6) is 0 Å². The van der Waals surface area contributed by atoms with Gasteiger partial charge >= 0.3 is 18.0 Å². The molecule has 0 fully saturated rings. The summed E-state index contributed by atoms with van der Waals surface area (Å²) in [5, 5.41) is 14.4. The molecule has 1 aromatic carbocycles. The van der Waals surface area contributed by atoms with E-state index in [0.29, 0.717) is 0 Å². The van der Waals surface area contributed by atoms with Crippen molar-refractivity contribution >= 4 is 17.5 Å². The van der Waals surface area contributed by atoms with Crippen LogP contribution in [0.15, 0.2) is 24.3 Å². The first-order valence-electron chi connectivity index (χ1n) is 7.36. The van der Waals surface area contributed by atoms with E-state index in [0.717, 1.165) is 24.3 Å². The highest BCUT2D eigenvalue weighted by Crippen LogP contribution is 2.29. The van der Waals surface area contributed by atoms with Gasteiger partial charge in [-0.3, -0.25) is 9.59 Å². The van der Waals surface area contributed by atoms with Crippen molar-refractivity contribution in [2.75, 3.05) is 11.9 Å². The molecule has 0 heterocycles. The van der Waals surface area contributed by atoms with Crippen LogP contribution in [0.2, 0.25) is 0 Å². The molecule has 2 amide bonds. The monoisotopic (exact) mass is 346 g/mol. The molecule has 24 heavy (non-hydrogen) atoms. The standard InChI is InChI=1S/C16H21F3N2O3/c1-15(2,3)12(22)8-9-20-13(23)14(24)21-11-6-4-10(5-7-11)16(17,18)19/h4-7,12,22H,8-9H2,1-3H3,(H,20,23)(H,21,24). The van der Waals surface area contributed by atoms with Crippen LogP contribution < -0.4 is 10.6 Å². The first-order chi connectivity index (χ1) is 10.9. The topological polar surface area (TPSA) is 78.4 Å². The van der Waals surface area contributed by atoms with Gasteiger partial charge in [-0.05, 0) is 36.1 Å². The molecule has 0 spiro atoms. The molecule has 0 saturated carbocycles. The predicted octanol–water partition coefficient (Wildman–Crippen LogP) is 2.56. The Hall–Kier alpha value is -2.09. The van der Waals surface area contributed by atoms with Crippen molar-refractivity contribution in [2.24, 2.45) is 5.41 Å². The van der Waals surface area contributed by atoms with Crippen LogP contribution in [-0.2, 0) is 15.8 Å². The molecule has 3 N–H and O–H groups in total. The lowest BCUT2D eigenvalue weighted by molar-refractivity contribution is -0.137. The van der Waals surface area contributed by atoms with Gasteiger partial charge in [0, 0.05) is 12.2 Å². The van der Waals surface area contributed by atoms with E-state index in [1.165, 1.54) is 0 Å². The van der Waals surface area contributed by atoms with Gasteiger partial charge in [0.15, 0.2) is 0 Å². The number of aliphatic hydroxyl groups is 1. The van der Waals surface area contributed by atoms with Crippen LogP contribution in [-0.4, -0.2) is 29.6 Å². The molecule has 8 heteroatoms. The summed E-state index contributed by atoms with van der Waals surface area (Å²) < 4.78 is 37.3. The van der Waals surface area contributed by atoms with Crippen LogP contribution in [0.1, 0.15) is 32.8 Å². The fourth-order valence-corrected chi connectivity index (χ4v) is 1.77. The van der Waals surface area contributed by atoms with Gasteiger partial charge in [-0.15, -0.1) is 0 Å². The quantitative estimate of drug-likeness (QED) is 0.733. The molecular formula is C16H21F3N2O3. The molecule has 1 unspecified atom stereocenters. The zero-order chi connectivity index (χ0) is 18.5. The van der Waals surface area contributed by atoms with Crippen molar-refractivity contribution < 1.29 is 27.9 Å². The van der Waals surface area contributed by atoms with Crippen molar-refractivity contribution in [3.8, 4) is 0 Å². The summed E-state index contributed by atoms with van der Waals surface area (Å²) >= 11 is 0. The number of anilines is 1. The lowest BCUT2D eigenvalue weighted by Crippen LogP contribution is -2.38. The minimum Gasteiger partial charge on any atom is -0.393 e. The Morgan fingerprint density at radius 1 is 1.08 bits per heavy atom. The van der Waals surface area contributed by atoms with E-state index in [-0.39, 0.29) is 24.1 Å². The molecule has 0 aliphatic heterocycles.